The van der Waals surface area contributed by atoms with E-state index in [9.17, 15) is 20.2 Å². The lowest BCUT2D eigenvalue weighted by Crippen LogP contribution is -2.14. The number of para-hydroxylation sites is 1. The van der Waals surface area contributed by atoms with Crippen molar-refractivity contribution in [1.82, 2.24) is 0 Å². The molecule has 1 amide bonds. The highest BCUT2D eigenvalue weighted by atomic mass is 16.6. The van der Waals surface area contributed by atoms with Crippen LogP contribution in [-0.4, -0.2) is 10.8 Å². The molecule has 7 heteroatoms. The van der Waals surface area contributed by atoms with E-state index in [1.54, 1.807) is 43.3 Å². The molecule has 3 aromatic rings. The zero-order valence-electron chi connectivity index (χ0n) is 15.8. The highest BCUT2D eigenvalue weighted by molar-refractivity contribution is 6.09. The van der Waals surface area contributed by atoms with Crippen LogP contribution in [0, 0.1) is 35.3 Å². The Hall–Kier alpha value is -4.18. The summed E-state index contributed by atoms with van der Waals surface area (Å²) in [5.74, 6) is 0.140. The molecule has 0 unspecified atom stereocenters. The van der Waals surface area contributed by atoms with Crippen LogP contribution < -0.4 is 5.32 Å². The predicted octanol–water partition coefficient (Wildman–Crippen LogP) is 5.02. The Morgan fingerprint density at radius 3 is 2.59 bits per heavy atom. The number of hydrogen-bond acceptors (Lipinski definition) is 5. The number of nitriles is 1. The predicted molar refractivity (Wildman–Crippen MR) is 109 cm³/mol. The van der Waals surface area contributed by atoms with Crippen molar-refractivity contribution in [1.29, 1.82) is 5.26 Å². The zero-order chi connectivity index (χ0) is 21.0. The monoisotopic (exact) mass is 387 g/mol. The Labute approximate surface area is 167 Å². The van der Waals surface area contributed by atoms with Gasteiger partial charge in [-0.15, -0.1) is 0 Å². The number of hydrogen-bond donors (Lipinski definition) is 1. The van der Waals surface area contributed by atoms with Crippen molar-refractivity contribution in [3.63, 3.8) is 0 Å². The minimum absolute atomic E-state index is 0.00804. The maximum Gasteiger partial charge on any atom is 0.273 e. The number of carbonyl (C=O) groups is 1. The molecule has 0 spiro atoms. The topological polar surface area (TPSA) is 109 Å². The first kappa shape index (κ1) is 19.6. The van der Waals surface area contributed by atoms with E-state index >= 15 is 0 Å². The molecule has 0 atom stereocenters. The van der Waals surface area contributed by atoms with Gasteiger partial charge in [0.25, 0.3) is 11.6 Å². The van der Waals surface area contributed by atoms with Crippen LogP contribution in [0.4, 0.5) is 11.4 Å². The lowest BCUT2D eigenvalue weighted by Gasteiger charge is -2.06. The van der Waals surface area contributed by atoms with E-state index in [1.165, 1.54) is 12.1 Å². The molecule has 2 aromatic carbocycles. The largest absolute Gasteiger partial charge is 0.457 e. The number of aryl methyl sites for hydroxylation is 2. The summed E-state index contributed by atoms with van der Waals surface area (Å²) in [6.45, 7) is 3.51. The van der Waals surface area contributed by atoms with Gasteiger partial charge in [0.1, 0.15) is 23.2 Å². The fourth-order valence-electron chi connectivity index (χ4n) is 2.74. The molecular formula is C22H17N3O4. The molecule has 0 fully saturated rings. The first-order valence-electron chi connectivity index (χ1n) is 8.73. The van der Waals surface area contributed by atoms with Crippen LogP contribution in [0.2, 0.25) is 0 Å². The smallest absolute Gasteiger partial charge is 0.273 e. The molecule has 1 heterocycles. The van der Waals surface area contributed by atoms with Gasteiger partial charge < -0.3 is 9.73 Å². The Kier molecular flexibility index (Phi) is 5.56. The maximum atomic E-state index is 12.4. The van der Waals surface area contributed by atoms with Crippen LogP contribution in [0.25, 0.3) is 17.4 Å². The molecule has 144 valence electrons. The summed E-state index contributed by atoms with van der Waals surface area (Å²) < 4.78 is 5.67. The summed E-state index contributed by atoms with van der Waals surface area (Å²) in [7, 11) is 0. The summed E-state index contributed by atoms with van der Waals surface area (Å²) in [5, 5.41) is 23.2. The molecule has 0 saturated carbocycles. The molecule has 7 nitrogen and oxygen atoms in total. The third-order valence-corrected chi connectivity index (χ3v) is 4.36. The van der Waals surface area contributed by atoms with E-state index in [0.29, 0.717) is 28.3 Å². The molecular weight excluding hydrogens is 370 g/mol. The van der Waals surface area contributed by atoms with E-state index in [-0.39, 0.29) is 11.3 Å². The second kappa shape index (κ2) is 8.23. The quantitative estimate of drug-likeness (QED) is 0.286. The van der Waals surface area contributed by atoms with E-state index in [4.69, 9.17) is 4.42 Å². The summed E-state index contributed by atoms with van der Waals surface area (Å²) in [5.41, 5.74) is 2.44. The Bertz CT molecular complexity index is 1170. The summed E-state index contributed by atoms with van der Waals surface area (Å²) in [4.78, 5) is 23.1. The highest BCUT2D eigenvalue weighted by Crippen LogP contribution is 2.29. The normalized spacial score (nSPS) is 11.0. The van der Waals surface area contributed by atoms with Gasteiger partial charge in [0, 0.05) is 29.0 Å². The second-order valence-electron chi connectivity index (χ2n) is 6.40. The average molecular weight is 387 g/mol. The van der Waals surface area contributed by atoms with Crippen LogP contribution in [0.5, 0.6) is 0 Å². The average Bonchev–Trinajstić information content (AvgIpc) is 3.16. The third-order valence-electron chi connectivity index (χ3n) is 4.36. The molecule has 3 rings (SSSR count). The van der Waals surface area contributed by atoms with Gasteiger partial charge in [-0.3, -0.25) is 14.9 Å². The SMILES string of the molecule is Cc1ccccc1NC(=O)/C(C#N)=C\c1ccc(-c2ccc(C)c([N+](=O)[O-])c2)o1. The van der Waals surface area contributed by atoms with Crippen LogP contribution in [0.15, 0.2) is 64.6 Å². The fourth-order valence-corrected chi connectivity index (χ4v) is 2.74. The van der Waals surface area contributed by atoms with Crippen molar-refractivity contribution in [3.8, 4) is 17.4 Å². The number of amides is 1. The van der Waals surface area contributed by atoms with E-state index in [2.05, 4.69) is 5.32 Å². The van der Waals surface area contributed by atoms with Crippen LogP contribution in [-0.2, 0) is 4.79 Å². The lowest BCUT2D eigenvalue weighted by molar-refractivity contribution is -0.385. The van der Waals surface area contributed by atoms with Gasteiger partial charge in [-0.05, 0) is 37.6 Å². The summed E-state index contributed by atoms with van der Waals surface area (Å²) >= 11 is 0. The number of nitro groups is 1. The van der Waals surface area contributed by atoms with Gasteiger partial charge in [-0.25, -0.2) is 0 Å². The zero-order valence-corrected chi connectivity index (χ0v) is 15.8. The maximum absolute atomic E-state index is 12.4. The Morgan fingerprint density at radius 1 is 1.14 bits per heavy atom. The van der Waals surface area contributed by atoms with Crippen molar-refractivity contribution in [3.05, 3.63) is 87.2 Å². The number of furan rings is 1. The third kappa shape index (κ3) is 4.39. The van der Waals surface area contributed by atoms with Crippen molar-refractivity contribution in [2.75, 3.05) is 5.32 Å². The number of rotatable bonds is 5. The number of benzene rings is 2. The minimum Gasteiger partial charge on any atom is -0.457 e. The molecule has 1 aromatic heterocycles. The fraction of sp³-hybridized carbons (Fsp3) is 0.0909. The van der Waals surface area contributed by atoms with Gasteiger partial charge in [-0.2, -0.15) is 5.26 Å². The molecule has 29 heavy (non-hydrogen) atoms. The number of anilines is 1. The molecule has 1 N–H and O–H groups in total. The highest BCUT2D eigenvalue weighted by Gasteiger charge is 2.15. The molecule has 0 aliphatic heterocycles. The lowest BCUT2D eigenvalue weighted by atomic mass is 10.1. The summed E-state index contributed by atoms with van der Waals surface area (Å²) in [6, 6.07) is 17.1. The molecule has 0 saturated heterocycles. The van der Waals surface area contributed by atoms with Gasteiger partial charge in [0.05, 0.1) is 4.92 Å². The standard InChI is InChI=1S/C22H17N3O4/c1-14-5-3-4-6-19(14)24-22(26)17(13-23)11-18-9-10-21(29-18)16-8-7-15(2)20(12-16)25(27)28/h3-12H,1-2H3,(H,24,26)/b17-11-. The molecule has 0 aliphatic rings. The number of nitro benzene ring substituents is 1. The van der Waals surface area contributed by atoms with Crippen LogP contribution in [0.3, 0.4) is 0 Å². The van der Waals surface area contributed by atoms with Crippen molar-refractivity contribution in [2.45, 2.75) is 13.8 Å². The van der Waals surface area contributed by atoms with E-state index < -0.39 is 10.8 Å². The van der Waals surface area contributed by atoms with E-state index in [0.717, 1.165) is 5.56 Å². The Morgan fingerprint density at radius 2 is 1.90 bits per heavy atom. The molecule has 0 bridgehead atoms. The minimum atomic E-state index is -0.550. The van der Waals surface area contributed by atoms with Crippen molar-refractivity contribution >= 4 is 23.4 Å². The molecule has 0 radical (unpaired) electrons. The number of nitrogens with one attached hydrogen (secondary N) is 1. The van der Waals surface area contributed by atoms with E-state index in [1.807, 2.05) is 25.1 Å². The number of carbonyl (C=O) groups excluding carboxylic acids is 1. The Balaban J connectivity index is 1.85. The summed E-state index contributed by atoms with van der Waals surface area (Å²) in [6.07, 6.45) is 1.33. The first-order chi connectivity index (χ1) is 13.9. The van der Waals surface area contributed by atoms with Gasteiger partial charge in [0.2, 0.25) is 0 Å². The van der Waals surface area contributed by atoms with Crippen molar-refractivity contribution < 1.29 is 14.1 Å². The first-order valence-corrected chi connectivity index (χ1v) is 8.73. The van der Waals surface area contributed by atoms with Gasteiger partial charge in [0.15, 0.2) is 0 Å². The van der Waals surface area contributed by atoms with Crippen LogP contribution in [0.1, 0.15) is 16.9 Å². The van der Waals surface area contributed by atoms with Crippen molar-refractivity contribution in [2.24, 2.45) is 0 Å². The van der Waals surface area contributed by atoms with Gasteiger partial charge in [-0.1, -0.05) is 30.3 Å². The number of nitrogens with zero attached hydrogens (tertiary/aromatic N) is 2. The van der Waals surface area contributed by atoms with Gasteiger partial charge >= 0.3 is 0 Å². The van der Waals surface area contributed by atoms with Crippen LogP contribution >= 0.6 is 0 Å². The molecule has 0 aliphatic carbocycles. The second-order valence-corrected chi connectivity index (χ2v) is 6.40.